The van der Waals surface area contributed by atoms with Crippen molar-refractivity contribution < 1.29 is 14.3 Å². The molecular formula is C18H17N3O3. The van der Waals surface area contributed by atoms with Gasteiger partial charge in [-0.05, 0) is 49.7 Å². The summed E-state index contributed by atoms with van der Waals surface area (Å²) in [4.78, 5) is 24.3. The monoisotopic (exact) mass is 323 g/mol. The van der Waals surface area contributed by atoms with Gasteiger partial charge in [-0.15, -0.1) is 0 Å². The molecule has 0 unspecified atom stereocenters. The molecule has 0 aliphatic heterocycles. The maximum Gasteiger partial charge on any atom is 0.341 e. The van der Waals surface area contributed by atoms with E-state index in [0.29, 0.717) is 16.9 Å². The average molecular weight is 323 g/mol. The predicted molar refractivity (Wildman–Crippen MR) is 90.3 cm³/mol. The smallest absolute Gasteiger partial charge is 0.341 e. The van der Waals surface area contributed by atoms with E-state index in [4.69, 9.17) is 15.7 Å². The first-order valence-corrected chi connectivity index (χ1v) is 7.29. The highest BCUT2D eigenvalue weighted by Gasteiger charge is 2.20. The zero-order valence-electron chi connectivity index (χ0n) is 13.4. The molecule has 6 nitrogen and oxygen atoms in total. The Bertz CT molecular complexity index is 807. The Kier molecular flexibility index (Phi) is 5.17. The van der Waals surface area contributed by atoms with Gasteiger partial charge in [-0.2, -0.15) is 5.26 Å². The molecule has 2 aromatic rings. The minimum Gasteiger partial charge on any atom is -0.449 e. The minimum atomic E-state index is -0.993. The molecule has 24 heavy (non-hydrogen) atoms. The molecule has 2 aromatic carbocycles. The second kappa shape index (κ2) is 7.29. The van der Waals surface area contributed by atoms with E-state index in [-0.39, 0.29) is 5.56 Å². The van der Waals surface area contributed by atoms with Gasteiger partial charge < -0.3 is 15.8 Å². The second-order valence-electron chi connectivity index (χ2n) is 5.26. The number of esters is 1. The Labute approximate surface area is 139 Å². The number of benzene rings is 2. The molecule has 6 heteroatoms. The number of nitrogens with one attached hydrogen (secondary N) is 1. The van der Waals surface area contributed by atoms with Crippen LogP contribution in [0.15, 0.2) is 42.5 Å². The summed E-state index contributed by atoms with van der Waals surface area (Å²) in [6.07, 6.45) is -0.993. The number of nitrogens with two attached hydrogens (primary N) is 1. The van der Waals surface area contributed by atoms with E-state index >= 15 is 0 Å². The summed E-state index contributed by atoms with van der Waals surface area (Å²) in [5, 5.41) is 11.4. The molecule has 0 saturated carbocycles. The van der Waals surface area contributed by atoms with Crippen LogP contribution in [0.3, 0.4) is 0 Å². The fourth-order valence-corrected chi connectivity index (χ4v) is 2.01. The lowest BCUT2D eigenvalue weighted by Gasteiger charge is -2.15. The zero-order chi connectivity index (χ0) is 17.7. The van der Waals surface area contributed by atoms with E-state index < -0.39 is 18.0 Å². The van der Waals surface area contributed by atoms with Crippen molar-refractivity contribution in [1.29, 1.82) is 5.26 Å². The quantitative estimate of drug-likeness (QED) is 0.664. The maximum absolute atomic E-state index is 12.2. The van der Waals surface area contributed by atoms with Gasteiger partial charge in [-0.1, -0.05) is 12.1 Å². The van der Waals surface area contributed by atoms with Gasteiger partial charge in [0.2, 0.25) is 0 Å². The molecule has 0 spiro atoms. The molecule has 1 atom stereocenters. The predicted octanol–water partition coefficient (Wildman–Crippen LogP) is 2.63. The topological polar surface area (TPSA) is 105 Å². The number of amides is 1. The molecule has 1 amide bonds. The van der Waals surface area contributed by atoms with Crippen LogP contribution < -0.4 is 11.1 Å². The summed E-state index contributed by atoms with van der Waals surface area (Å²) in [6.45, 7) is 3.26. The highest BCUT2D eigenvalue weighted by atomic mass is 16.5. The van der Waals surface area contributed by atoms with Gasteiger partial charge in [-0.3, -0.25) is 4.79 Å². The summed E-state index contributed by atoms with van der Waals surface area (Å²) in [6, 6.07) is 13.4. The summed E-state index contributed by atoms with van der Waals surface area (Å²) in [7, 11) is 0. The van der Waals surface area contributed by atoms with Crippen LogP contribution in [0.1, 0.15) is 28.4 Å². The van der Waals surface area contributed by atoms with Gasteiger partial charge in [0.1, 0.15) is 0 Å². The SMILES string of the molecule is Cc1cccc(C(=O)O[C@@H](C)C(=O)Nc2ccc(C#N)cc2)c1N. The van der Waals surface area contributed by atoms with Gasteiger partial charge >= 0.3 is 5.97 Å². The van der Waals surface area contributed by atoms with Crippen molar-refractivity contribution in [3.8, 4) is 6.07 Å². The lowest BCUT2D eigenvalue weighted by Crippen LogP contribution is -2.30. The second-order valence-corrected chi connectivity index (χ2v) is 5.26. The Morgan fingerprint density at radius 3 is 2.50 bits per heavy atom. The first kappa shape index (κ1) is 17.0. The molecule has 0 saturated heterocycles. The third kappa shape index (κ3) is 3.90. The third-order valence-electron chi connectivity index (χ3n) is 3.48. The fourth-order valence-electron chi connectivity index (χ4n) is 2.01. The molecule has 0 aliphatic carbocycles. The molecule has 2 rings (SSSR count). The molecule has 3 N–H and O–H groups in total. The summed E-state index contributed by atoms with van der Waals surface area (Å²) in [5.41, 5.74) is 8.19. The number of nitrogens with zero attached hydrogens (tertiary/aromatic N) is 1. The van der Waals surface area contributed by atoms with Crippen LogP contribution in [0.25, 0.3) is 0 Å². The van der Waals surface area contributed by atoms with Crippen molar-refractivity contribution in [2.24, 2.45) is 0 Å². The standard InChI is InChI=1S/C18H17N3O3/c1-11-4-3-5-15(16(11)20)18(23)24-12(2)17(22)21-14-8-6-13(10-19)7-9-14/h3-9,12H,20H2,1-2H3,(H,21,22)/t12-/m0/s1. The van der Waals surface area contributed by atoms with Crippen LogP contribution in [-0.2, 0) is 9.53 Å². The van der Waals surface area contributed by atoms with Gasteiger partial charge in [0, 0.05) is 11.4 Å². The van der Waals surface area contributed by atoms with E-state index in [1.807, 2.05) is 6.07 Å². The number of aryl methyl sites for hydroxylation is 1. The summed E-state index contributed by atoms with van der Waals surface area (Å²) in [5.74, 6) is -1.13. The zero-order valence-corrected chi connectivity index (χ0v) is 13.4. The van der Waals surface area contributed by atoms with Crippen molar-refractivity contribution in [2.45, 2.75) is 20.0 Å². The Hall–Kier alpha value is -3.33. The summed E-state index contributed by atoms with van der Waals surface area (Å²) < 4.78 is 5.17. The number of para-hydroxylation sites is 1. The van der Waals surface area contributed by atoms with Crippen LogP contribution in [0, 0.1) is 18.3 Å². The molecule has 122 valence electrons. The molecule has 0 fully saturated rings. The Morgan fingerprint density at radius 2 is 1.88 bits per heavy atom. The first-order valence-electron chi connectivity index (χ1n) is 7.29. The van der Waals surface area contributed by atoms with Gasteiger partial charge in [-0.25, -0.2) is 4.79 Å². The van der Waals surface area contributed by atoms with E-state index in [2.05, 4.69) is 5.32 Å². The number of anilines is 2. The number of carbonyl (C=O) groups excluding carboxylic acids is 2. The van der Waals surface area contributed by atoms with Gasteiger partial charge in [0.25, 0.3) is 5.91 Å². The highest BCUT2D eigenvalue weighted by molar-refractivity contribution is 5.99. The molecular weight excluding hydrogens is 306 g/mol. The number of nitrogen functional groups attached to an aromatic ring is 1. The third-order valence-corrected chi connectivity index (χ3v) is 3.48. The van der Waals surface area contributed by atoms with Crippen LogP contribution in [0.5, 0.6) is 0 Å². The molecule has 0 aliphatic rings. The van der Waals surface area contributed by atoms with Crippen molar-refractivity contribution in [3.05, 3.63) is 59.2 Å². The van der Waals surface area contributed by atoms with Gasteiger partial charge in [0.15, 0.2) is 6.10 Å². The fraction of sp³-hybridized carbons (Fsp3) is 0.167. The van der Waals surface area contributed by atoms with E-state index in [1.165, 1.54) is 6.92 Å². The van der Waals surface area contributed by atoms with Crippen LogP contribution >= 0.6 is 0 Å². The van der Waals surface area contributed by atoms with Crippen LogP contribution in [0.4, 0.5) is 11.4 Å². The minimum absolute atomic E-state index is 0.230. The van der Waals surface area contributed by atoms with E-state index in [0.717, 1.165) is 5.56 Å². The number of ether oxygens (including phenoxy) is 1. The largest absolute Gasteiger partial charge is 0.449 e. The van der Waals surface area contributed by atoms with Crippen LogP contribution in [0.2, 0.25) is 0 Å². The maximum atomic E-state index is 12.2. The Balaban J connectivity index is 2.01. The highest BCUT2D eigenvalue weighted by Crippen LogP contribution is 2.18. The van der Waals surface area contributed by atoms with Gasteiger partial charge in [0.05, 0.1) is 17.2 Å². The molecule has 0 radical (unpaired) electrons. The number of rotatable bonds is 4. The molecule has 0 bridgehead atoms. The van der Waals surface area contributed by atoms with E-state index in [1.54, 1.807) is 49.4 Å². The number of hydrogen-bond acceptors (Lipinski definition) is 5. The summed E-state index contributed by atoms with van der Waals surface area (Å²) >= 11 is 0. The van der Waals surface area contributed by atoms with E-state index in [9.17, 15) is 9.59 Å². The molecule has 0 aromatic heterocycles. The van der Waals surface area contributed by atoms with Crippen molar-refractivity contribution in [1.82, 2.24) is 0 Å². The van der Waals surface area contributed by atoms with Crippen molar-refractivity contribution >= 4 is 23.3 Å². The molecule has 0 heterocycles. The van der Waals surface area contributed by atoms with Crippen molar-refractivity contribution in [3.63, 3.8) is 0 Å². The van der Waals surface area contributed by atoms with Crippen LogP contribution in [-0.4, -0.2) is 18.0 Å². The number of nitriles is 1. The average Bonchev–Trinajstić information content (AvgIpc) is 2.57. The lowest BCUT2D eigenvalue weighted by atomic mass is 10.1. The Morgan fingerprint density at radius 1 is 1.21 bits per heavy atom. The normalized spacial score (nSPS) is 11.2. The number of carbonyl (C=O) groups is 2. The lowest BCUT2D eigenvalue weighted by molar-refractivity contribution is -0.123. The van der Waals surface area contributed by atoms with Crippen molar-refractivity contribution in [2.75, 3.05) is 11.1 Å². The first-order chi connectivity index (χ1) is 11.4. The number of hydrogen-bond donors (Lipinski definition) is 2.